The Hall–Kier alpha value is 0.180. The summed E-state index contributed by atoms with van der Waals surface area (Å²) in [6.45, 7) is 2.59. The van der Waals surface area contributed by atoms with E-state index in [9.17, 15) is 13.5 Å². The van der Waals surface area contributed by atoms with E-state index in [4.69, 9.17) is 0 Å². The molecule has 0 radical (unpaired) electrons. The molecular weight excluding hydrogens is 296 g/mol. The van der Waals surface area contributed by atoms with Crippen LogP contribution >= 0.6 is 11.8 Å². The normalized spacial score (nSPS) is 32.6. The Bertz CT molecular complexity index is 402. The van der Waals surface area contributed by atoms with Crippen molar-refractivity contribution in [2.24, 2.45) is 0 Å². The first-order valence-electron chi connectivity index (χ1n) is 7.58. The molecule has 7 heteroatoms. The number of hydrogen-bond acceptors (Lipinski definition) is 4. The van der Waals surface area contributed by atoms with Gasteiger partial charge in [0.2, 0.25) is 0 Å². The van der Waals surface area contributed by atoms with Crippen molar-refractivity contribution in [1.82, 2.24) is 9.03 Å². The minimum Gasteiger partial charge on any atom is -0.395 e. The van der Waals surface area contributed by atoms with Crippen LogP contribution in [0.1, 0.15) is 45.4 Å². The number of piperidine rings is 1. The van der Waals surface area contributed by atoms with Gasteiger partial charge >= 0.3 is 0 Å². The third-order valence-corrected chi connectivity index (χ3v) is 7.16. The fraction of sp³-hybridized carbons (Fsp3) is 1.00. The van der Waals surface area contributed by atoms with Crippen molar-refractivity contribution < 1.29 is 13.5 Å². The molecule has 3 atom stereocenters. The van der Waals surface area contributed by atoms with Crippen LogP contribution in [0.25, 0.3) is 0 Å². The first-order chi connectivity index (χ1) is 9.56. The molecule has 0 aromatic rings. The standard InChI is InChI=1S/C13H26N2O3S2/c1-2-19-13-7-6-11(9-13)14-20(17,18)15-8-4-3-5-12(15)10-16/h11-14,16H,2-10H2,1H3. The lowest BCUT2D eigenvalue weighted by molar-refractivity contribution is 0.153. The molecular formula is C13H26N2O3S2. The highest BCUT2D eigenvalue weighted by molar-refractivity contribution is 7.99. The molecule has 0 aromatic heterocycles. The van der Waals surface area contributed by atoms with E-state index in [0.29, 0.717) is 11.8 Å². The molecule has 1 saturated carbocycles. The van der Waals surface area contributed by atoms with E-state index in [1.54, 1.807) is 0 Å². The Labute approximate surface area is 126 Å². The molecule has 0 amide bonds. The fourth-order valence-electron chi connectivity index (χ4n) is 3.19. The van der Waals surface area contributed by atoms with Crippen LogP contribution < -0.4 is 4.72 Å². The van der Waals surface area contributed by atoms with Crippen molar-refractivity contribution in [3.8, 4) is 0 Å². The molecule has 20 heavy (non-hydrogen) atoms. The second kappa shape index (κ2) is 7.45. The van der Waals surface area contributed by atoms with Crippen molar-refractivity contribution >= 4 is 22.0 Å². The monoisotopic (exact) mass is 322 g/mol. The van der Waals surface area contributed by atoms with Crippen LogP contribution in [-0.4, -0.2) is 54.1 Å². The van der Waals surface area contributed by atoms with Crippen LogP contribution in [-0.2, 0) is 10.2 Å². The SMILES string of the molecule is CCSC1CCC(NS(=O)(=O)N2CCCCC2CO)C1. The van der Waals surface area contributed by atoms with E-state index in [2.05, 4.69) is 11.6 Å². The lowest BCUT2D eigenvalue weighted by atomic mass is 10.1. The van der Waals surface area contributed by atoms with Crippen LogP contribution in [0.5, 0.6) is 0 Å². The van der Waals surface area contributed by atoms with Crippen molar-refractivity contribution in [3.63, 3.8) is 0 Å². The molecule has 1 aliphatic heterocycles. The summed E-state index contributed by atoms with van der Waals surface area (Å²) in [6, 6.07) is -0.186. The van der Waals surface area contributed by atoms with Gasteiger partial charge in [-0.3, -0.25) is 0 Å². The van der Waals surface area contributed by atoms with Gasteiger partial charge < -0.3 is 5.11 Å². The highest BCUT2D eigenvalue weighted by atomic mass is 32.2. The van der Waals surface area contributed by atoms with E-state index in [1.165, 1.54) is 4.31 Å². The minimum absolute atomic E-state index is 0.0605. The highest BCUT2D eigenvalue weighted by Crippen LogP contribution is 2.30. The molecule has 2 aliphatic rings. The van der Waals surface area contributed by atoms with Crippen LogP contribution in [0.3, 0.4) is 0 Å². The number of nitrogens with zero attached hydrogens (tertiary/aromatic N) is 1. The maximum atomic E-state index is 12.5. The second-order valence-electron chi connectivity index (χ2n) is 5.65. The third-order valence-electron chi connectivity index (χ3n) is 4.20. The molecule has 2 N–H and O–H groups in total. The van der Waals surface area contributed by atoms with Crippen LogP contribution in [0.2, 0.25) is 0 Å². The summed E-state index contributed by atoms with van der Waals surface area (Å²) in [5.41, 5.74) is 0. The zero-order chi connectivity index (χ0) is 14.6. The van der Waals surface area contributed by atoms with E-state index in [0.717, 1.165) is 44.3 Å². The van der Waals surface area contributed by atoms with E-state index < -0.39 is 10.2 Å². The summed E-state index contributed by atoms with van der Waals surface area (Å²) >= 11 is 1.92. The number of rotatable bonds is 6. The van der Waals surface area contributed by atoms with Crippen LogP contribution in [0.4, 0.5) is 0 Å². The van der Waals surface area contributed by atoms with Crippen molar-refractivity contribution in [2.45, 2.75) is 62.8 Å². The molecule has 1 saturated heterocycles. The maximum Gasteiger partial charge on any atom is 0.280 e. The molecule has 0 spiro atoms. The predicted molar refractivity (Wildman–Crippen MR) is 83.0 cm³/mol. The van der Waals surface area contributed by atoms with E-state index in [-0.39, 0.29) is 18.7 Å². The summed E-state index contributed by atoms with van der Waals surface area (Å²) in [6.07, 6.45) is 5.59. The largest absolute Gasteiger partial charge is 0.395 e. The summed E-state index contributed by atoms with van der Waals surface area (Å²) in [5, 5.41) is 9.95. The molecule has 0 bridgehead atoms. The molecule has 2 fully saturated rings. The minimum atomic E-state index is -3.45. The van der Waals surface area contributed by atoms with Gasteiger partial charge in [0.1, 0.15) is 0 Å². The van der Waals surface area contributed by atoms with Gasteiger partial charge in [-0.1, -0.05) is 13.3 Å². The Balaban J connectivity index is 1.93. The average Bonchev–Trinajstić information content (AvgIpc) is 2.85. The third kappa shape index (κ3) is 4.10. The molecule has 1 heterocycles. The lowest BCUT2D eigenvalue weighted by Crippen LogP contribution is -2.52. The predicted octanol–water partition coefficient (Wildman–Crippen LogP) is 1.34. The first-order valence-corrected chi connectivity index (χ1v) is 10.1. The summed E-state index contributed by atoms with van der Waals surface area (Å²) in [4.78, 5) is 0. The van der Waals surface area contributed by atoms with Crippen molar-refractivity contribution in [2.75, 3.05) is 18.9 Å². The Morgan fingerprint density at radius 3 is 2.80 bits per heavy atom. The van der Waals surface area contributed by atoms with Gasteiger partial charge in [0.05, 0.1) is 6.61 Å². The van der Waals surface area contributed by atoms with Crippen LogP contribution in [0, 0.1) is 0 Å². The van der Waals surface area contributed by atoms with Gasteiger partial charge in [0, 0.05) is 23.9 Å². The van der Waals surface area contributed by atoms with Gasteiger partial charge in [-0.05, 0) is 37.9 Å². The number of nitrogens with one attached hydrogen (secondary N) is 1. The lowest BCUT2D eigenvalue weighted by Gasteiger charge is -2.34. The molecule has 3 unspecified atom stereocenters. The van der Waals surface area contributed by atoms with E-state index in [1.807, 2.05) is 11.8 Å². The molecule has 0 aromatic carbocycles. The Morgan fingerprint density at radius 1 is 1.30 bits per heavy atom. The number of aliphatic hydroxyl groups is 1. The van der Waals surface area contributed by atoms with Crippen molar-refractivity contribution in [3.05, 3.63) is 0 Å². The topological polar surface area (TPSA) is 69.6 Å². The number of hydrogen-bond donors (Lipinski definition) is 2. The van der Waals surface area contributed by atoms with Crippen molar-refractivity contribution in [1.29, 1.82) is 0 Å². The average molecular weight is 322 g/mol. The smallest absolute Gasteiger partial charge is 0.280 e. The summed E-state index contributed by atoms with van der Waals surface area (Å²) in [5.74, 6) is 1.09. The van der Waals surface area contributed by atoms with Gasteiger partial charge in [-0.2, -0.15) is 29.2 Å². The number of aliphatic hydroxyl groups excluding tert-OH is 1. The van der Waals surface area contributed by atoms with Crippen LogP contribution in [0.15, 0.2) is 0 Å². The zero-order valence-electron chi connectivity index (χ0n) is 12.1. The fourth-order valence-corrected chi connectivity index (χ4v) is 6.03. The van der Waals surface area contributed by atoms with E-state index >= 15 is 0 Å². The zero-order valence-corrected chi connectivity index (χ0v) is 13.8. The summed E-state index contributed by atoms with van der Waals surface area (Å²) < 4.78 is 29.3. The molecule has 1 aliphatic carbocycles. The molecule has 118 valence electrons. The molecule has 5 nitrogen and oxygen atoms in total. The highest BCUT2D eigenvalue weighted by Gasteiger charge is 2.35. The Morgan fingerprint density at radius 2 is 2.10 bits per heavy atom. The quantitative estimate of drug-likeness (QED) is 0.774. The van der Waals surface area contributed by atoms with Gasteiger partial charge in [-0.25, -0.2) is 0 Å². The maximum absolute atomic E-state index is 12.5. The van der Waals surface area contributed by atoms with Gasteiger partial charge in [0.25, 0.3) is 10.2 Å². The second-order valence-corrected chi connectivity index (χ2v) is 8.89. The van der Waals surface area contributed by atoms with Gasteiger partial charge in [0.15, 0.2) is 0 Å². The summed E-state index contributed by atoms with van der Waals surface area (Å²) in [7, 11) is -3.45. The van der Waals surface area contributed by atoms with Gasteiger partial charge in [-0.15, -0.1) is 0 Å². The number of thioether (sulfide) groups is 1. The Kier molecular flexibility index (Phi) is 6.16. The molecule has 2 rings (SSSR count). The first kappa shape index (κ1) is 16.5.